The molecular formula is C29H32FNO5S. The van der Waals surface area contributed by atoms with Crippen molar-refractivity contribution < 1.29 is 27.4 Å². The number of benzene rings is 3. The van der Waals surface area contributed by atoms with Crippen LogP contribution in [0.1, 0.15) is 35.4 Å². The van der Waals surface area contributed by atoms with Crippen LogP contribution in [0.4, 0.5) is 4.39 Å². The summed E-state index contributed by atoms with van der Waals surface area (Å²) in [6.45, 7) is 4.79. The van der Waals surface area contributed by atoms with Crippen molar-refractivity contribution in [3.8, 4) is 5.75 Å². The smallest absolute Gasteiger partial charge is 0.307 e. The molecule has 4 rings (SSSR count). The Bertz CT molecular complexity index is 1270. The number of carboxylic acids is 1. The molecule has 6 nitrogen and oxygen atoms in total. The van der Waals surface area contributed by atoms with E-state index < -0.39 is 16.0 Å². The van der Waals surface area contributed by atoms with Gasteiger partial charge in [-0.2, -0.15) is 0 Å². The lowest BCUT2D eigenvalue weighted by Gasteiger charge is -2.32. The Morgan fingerprint density at radius 1 is 1.05 bits per heavy atom. The van der Waals surface area contributed by atoms with Gasteiger partial charge in [0.15, 0.2) is 0 Å². The molecule has 1 unspecified atom stereocenters. The second kappa shape index (κ2) is 13.7. The average Bonchev–Trinajstić information content (AvgIpc) is 2.88. The van der Waals surface area contributed by atoms with Crippen molar-refractivity contribution in [3.05, 3.63) is 114 Å². The summed E-state index contributed by atoms with van der Waals surface area (Å²) in [5.74, 6) is -0.586. The van der Waals surface area contributed by atoms with Crippen molar-refractivity contribution in [3.63, 3.8) is 0 Å². The molecule has 1 heterocycles. The lowest BCUT2D eigenvalue weighted by atomic mass is 9.90. The molecule has 196 valence electrons. The van der Waals surface area contributed by atoms with Crippen molar-refractivity contribution in [1.29, 1.82) is 0 Å². The number of piperidine rings is 1. The third kappa shape index (κ3) is 9.15. The Morgan fingerprint density at radius 3 is 2.32 bits per heavy atom. The highest BCUT2D eigenvalue weighted by molar-refractivity contribution is 7.89. The van der Waals surface area contributed by atoms with Gasteiger partial charge in [-0.1, -0.05) is 60.7 Å². The Balaban J connectivity index is 0.000000468. The van der Waals surface area contributed by atoms with Gasteiger partial charge in [-0.15, -0.1) is 6.58 Å². The molecule has 0 saturated carbocycles. The number of carboxylic acid groups (broad SMARTS) is 1. The third-order valence-electron chi connectivity index (χ3n) is 5.90. The minimum absolute atomic E-state index is 0.00818. The summed E-state index contributed by atoms with van der Waals surface area (Å²) in [7, 11) is -3.37. The molecular weight excluding hydrogens is 493 g/mol. The van der Waals surface area contributed by atoms with Gasteiger partial charge < -0.3 is 9.84 Å². The van der Waals surface area contributed by atoms with Crippen LogP contribution in [0.3, 0.4) is 0 Å². The van der Waals surface area contributed by atoms with E-state index in [1.807, 2.05) is 42.5 Å². The zero-order chi connectivity index (χ0) is 26.7. The fraction of sp³-hybridized carbons (Fsp3) is 0.276. The molecule has 1 aliphatic rings. The Kier molecular flexibility index (Phi) is 10.4. The molecule has 0 aromatic heterocycles. The van der Waals surface area contributed by atoms with Crippen LogP contribution < -0.4 is 4.74 Å². The maximum Gasteiger partial charge on any atom is 0.307 e. The van der Waals surface area contributed by atoms with E-state index in [1.165, 1.54) is 22.5 Å². The van der Waals surface area contributed by atoms with Crippen LogP contribution in [0.5, 0.6) is 5.75 Å². The molecule has 37 heavy (non-hydrogen) atoms. The van der Waals surface area contributed by atoms with E-state index in [2.05, 4.69) is 6.58 Å². The molecule has 0 bridgehead atoms. The summed E-state index contributed by atoms with van der Waals surface area (Å²) in [4.78, 5) is 11.3. The van der Waals surface area contributed by atoms with Gasteiger partial charge in [0, 0.05) is 13.1 Å². The molecule has 0 aliphatic carbocycles. The summed E-state index contributed by atoms with van der Waals surface area (Å²) in [6, 6.07) is 23.2. The van der Waals surface area contributed by atoms with E-state index in [0.717, 1.165) is 24.0 Å². The normalized spacial score (nSPS) is 15.8. The molecule has 1 atom stereocenters. The number of rotatable bonds is 9. The standard InChI is InChI=1S/C23H27NO5S.C6H5F/c1-2-11-30(27,28)24-10-6-9-20(16-24)21-12-19(14-23(25)26)13-22(15-21)29-17-18-7-4-3-5-8-18;7-6-4-2-1-3-5-6/h2-5,7-8,12-13,15,20H,1,6,9-11,14,16-17H2,(H,25,26);1-5H. The molecule has 1 aliphatic heterocycles. The number of sulfonamides is 1. The van der Waals surface area contributed by atoms with Crippen LogP contribution in [-0.4, -0.2) is 42.6 Å². The van der Waals surface area contributed by atoms with E-state index in [0.29, 0.717) is 31.0 Å². The second-order valence-electron chi connectivity index (χ2n) is 8.82. The predicted molar refractivity (Wildman–Crippen MR) is 142 cm³/mol. The SMILES string of the molecule is C=CCS(=O)(=O)N1CCCC(c2cc(CC(=O)O)cc(OCc3ccccc3)c2)C1.Fc1ccccc1. The summed E-state index contributed by atoms with van der Waals surface area (Å²) in [6.07, 6.45) is 2.89. The highest BCUT2D eigenvalue weighted by Gasteiger charge is 2.29. The molecule has 1 fully saturated rings. The van der Waals surface area contributed by atoms with E-state index in [9.17, 15) is 22.7 Å². The van der Waals surface area contributed by atoms with Crippen molar-refractivity contribution in [2.75, 3.05) is 18.8 Å². The Morgan fingerprint density at radius 2 is 1.73 bits per heavy atom. The van der Waals surface area contributed by atoms with Gasteiger partial charge in [-0.05, 0) is 59.7 Å². The van der Waals surface area contributed by atoms with Gasteiger partial charge in [0.05, 0.1) is 12.2 Å². The van der Waals surface area contributed by atoms with Gasteiger partial charge in [0.2, 0.25) is 10.0 Å². The summed E-state index contributed by atoms with van der Waals surface area (Å²) < 4.78 is 44.3. The first kappa shape index (κ1) is 28.1. The van der Waals surface area contributed by atoms with E-state index in [-0.39, 0.29) is 23.9 Å². The first-order valence-corrected chi connectivity index (χ1v) is 13.7. The molecule has 3 aromatic carbocycles. The minimum atomic E-state index is -3.37. The number of hydrogen-bond donors (Lipinski definition) is 1. The lowest BCUT2D eigenvalue weighted by Crippen LogP contribution is -2.40. The van der Waals surface area contributed by atoms with Crippen molar-refractivity contribution in [2.24, 2.45) is 0 Å². The topological polar surface area (TPSA) is 83.9 Å². The van der Waals surface area contributed by atoms with E-state index >= 15 is 0 Å². The van der Waals surface area contributed by atoms with Crippen LogP contribution >= 0.6 is 0 Å². The van der Waals surface area contributed by atoms with Gasteiger partial charge in [-0.3, -0.25) is 4.79 Å². The molecule has 0 spiro atoms. The van der Waals surface area contributed by atoms with Gasteiger partial charge in [0.1, 0.15) is 18.2 Å². The second-order valence-corrected chi connectivity index (χ2v) is 10.8. The molecule has 0 amide bonds. The van der Waals surface area contributed by atoms with Crippen LogP contribution in [0.15, 0.2) is 91.5 Å². The highest BCUT2D eigenvalue weighted by Crippen LogP contribution is 2.32. The van der Waals surface area contributed by atoms with E-state index in [4.69, 9.17) is 4.74 Å². The van der Waals surface area contributed by atoms with Gasteiger partial charge in [-0.25, -0.2) is 17.1 Å². The molecule has 1 saturated heterocycles. The largest absolute Gasteiger partial charge is 0.489 e. The van der Waals surface area contributed by atoms with E-state index in [1.54, 1.807) is 24.3 Å². The van der Waals surface area contributed by atoms with Crippen LogP contribution in [0.2, 0.25) is 0 Å². The first-order valence-electron chi connectivity index (χ1n) is 12.1. The maximum atomic E-state index is 12.5. The van der Waals surface area contributed by atoms with Crippen molar-refractivity contribution in [2.45, 2.75) is 31.8 Å². The fourth-order valence-corrected chi connectivity index (χ4v) is 5.48. The van der Waals surface area contributed by atoms with Crippen LogP contribution in [0, 0.1) is 5.82 Å². The maximum absolute atomic E-state index is 12.5. The molecule has 3 aromatic rings. The third-order valence-corrected chi connectivity index (χ3v) is 7.68. The Labute approximate surface area is 218 Å². The molecule has 8 heteroatoms. The number of hydrogen-bond acceptors (Lipinski definition) is 4. The quantitative estimate of drug-likeness (QED) is 0.378. The summed E-state index contributed by atoms with van der Waals surface area (Å²) in [5, 5.41) is 9.24. The molecule has 1 N–H and O–H groups in total. The Hall–Kier alpha value is -3.49. The zero-order valence-corrected chi connectivity index (χ0v) is 21.4. The van der Waals surface area contributed by atoms with Crippen LogP contribution in [0.25, 0.3) is 0 Å². The minimum Gasteiger partial charge on any atom is -0.489 e. The van der Waals surface area contributed by atoms with Crippen molar-refractivity contribution in [1.82, 2.24) is 4.31 Å². The highest BCUT2D eigenvalue weighted by atomic mass is 32.2. The lowest BCUT2D eigenvalue weighted by molar-refractivity contribution is -0.136. The van der Waals surface area contributed by atoms with Gasteiger partial charge >= 0.3 is 5.97 Å². The fourth-order valence-electron chi connectivity index (χ4n) is 4.16. The zero-order valence-electron chi connectivity index (χ0n) is 20.6. The van der Waals surface area contributed by atoms with Gasteiger partial charge in [0.25, 0.3) is 0 Å². The predicted octanol–water partition coefficient (Wildman–Crippen LogP) is 5.41. The van der Waals surface area contributed by atoms with Crippen molar-refractivity contribution >= 4 is 16.0 Å². The number of aliphatic carboxylic acids is 1. The first-order chi connectivity index (χ1) is 17.8. The number of nitrogens with zero attached hydrogens (tertiary/aromatic N) is 1. The number of carbonyl (C=O) groups is 1. The summed E-state index contributed by atoms with van der Waals surface area (Å²) in [5.41, 5.74) is 2.58. The number of halogens is 1. The van der Waals surface area contributed by atoms with Crippen LogP contribution in [-0.2, 0) is 27.8 Å². The molecule has 0 radical (unpaired) electrons. The summed E-state index contributed by atoms with van der Waals surface area (Å²) >= 11 is 0. The monoisotopic (exact) mass is 525 g/mol. The average molecular weight is 526 g/mol. The number of ether oxygens (including phenoxy) is 1.